The van der Waals surface area contributed by atoms with E-state index in [9.17, 15) is 0 Å². The number of pyridine rings is 1. The van der Waals surface area contributed by atoms with E-state index in [0.717, 1.165) is 51.8 Å². The van der Waals surface area contributed by atoms with Crippen molar-refractivity contribution in [3.05, 3.63) is 143 Å². The van der Waals surface area contributed by atoms with E-state index in [-0.39, 0.29) is 0 Å². The second kappa shape index (κ2) is 14.4. The standard InChI is InChI=1S/C49H52N4O/c1-30(2)22-36-20-21-50-46(25-36)52-44-17-13-12-16-42(44)43-19-18-40(29-45(43)52)54-41-27-38(31(3)4)26-39(28-41)53-49(37-14-10-9-11-15-37)48(35(8)51-53)47-33(6)23-32(5)24-34(47)7/h9-21,23,25-32,34,47H,22,24H2,1-8H3/t32-,34?,47-/m0/s1. The number of benzene rings is 4. The molecule has 5 heteroatoms. The van der Waals surface area contributed by atoms with Gasteiger partial charge in [0, 0.05) is 46.1 Å². The minimum atomic E-state index is 0.294. The van der Waals surface area contributed by atoms with Gasteiger partial charge in [0.25, 0.3) is 0 Å². The van der Waals surface area contributed by atoms with Crippen LogP contribution in [0.3, 0.4) is 0 Å². The highest BCUT2D eigenvalue weighted by Gasteiger charge is 2.33. The second-order valence-corrected chi connectivity index (χ2v) is 16.4. The highest BCUT2D eigenvalue weighted by molar-refractivity contribution is 6.09. The number of allylic oxidation sites excluding steroid dienone is 2. The molecule has 0 saturated heterocycles. The average Bonchev–Trinajstić information content (AvgIpc) is 3.65. The third-order valence-corrected chi connectivity index (χ3v) is 11.2. The molecule has 54 heavy (non-hydrogen) atoms. The first-order chi connectivity index (χ1) is 26.0. The molecular formula is C49H52N4O. The molecule has 0 fully saturated rings. The van der Waals surface area contributed by atoms with Crippen LogP contribution >= 0.6 is 0 Å². The van der Waals surface area contributed by atoms with Crippen LogP contribution < -0.4 is 4.74 Å². The lowest BCUT2D eigenvalue weighted by atomic mass is 9.72. The van der Waals surface area contributed by atoms with E-state index in [2.05, 4.69) is 174 Å². The van der Waals surface area contributed by atoms with Gasteiger partial charge in [0.05, 0.1) is 28.1 Å². The number of rotatable bonds is 9. The highest BCUT2D eigenvalue weighted by Crippen LogP contribution is 2.46. The zero-order chi connectivity index (χ0) is 37.7. The Bertz CT molecular complexity index is 2500. The SMILES string of the molecule is CC1=C[C@H](C)CC(C)[C@H]1c1c(C)nn(-c2cc(Oc3ccc4c5ccccc5n(-c5cc(CC(C)C)ccn5)c4c3)cc(C(C)C)c2)c1-c1ccccc1. The predicted molar refractivity (Wildman–Crippen MR) is 224 cm³/mol. The summed E-state index contributed by atoms with van der Waals surface area (Å²) >= 11 is 0. The fraction of sp³-hybridized carbons (Fsp3) is 0.306. The quantitative estimate of drug-likeness (QED) is 0.140. The molecule has 8 rings (SSSR count). The smallest absolute Gasteiger partial charge is 0.137 e. The fourth-order valence-corrected chi connectivity index (χ4v) is 8.97. The average molecular weight is 713 g/mol. The molecule has 1 aliphatic carbocycles. The molecule has 5 nitrogen and oxygen atoms in total. The van der Waals surface area contributed by atoms with Crippen molar-refractivity contribution in [1.29, 1.82) is 0 Å². The second-order valence-electron chi connectivity index (χ2n) is 16.4. The predicted octanol–water partition coefficient (Wildman–Crippen LogP) is 13.2. The molecule has 3 atom stereocenters. The molecule has 1 aliphatic rings. The van der Waals surface area contributed by atoms with E-state index in [4.69, 9.17) is 14.8 Å². The zero-order valence-corrected chi connectivity index (χ0v) is 33.0. The summed E-state index contributed by atoms with van der Waals surface area (Å²) in [4.78, 5) is 4.88. The fourth-order valence-electron chi connectivity index (χ4n) is 8.97. The maximum absolute atomic E-state index is 6.86. The molecule has 0 aliphatic heterocycles. The number of aryl methyl sites for hydroxylation is 1. The number of fused-ring (bicyclic) bond motifs is 3. The van der Waals surface area contributed by atoms with Crippen molar-refractivity contribution < 1.29 is 4.74 Å². The van der Waals surface area contributed by atoms with Crippen LogP contribution in [-0.2, 0) is 6.42 Å². The summed E-state index contributed by atoms with van der Waals surface area (Å²) in [7, 11) is 0. The number of para-hydroxylation sites is 1. The van der Waals surface area contributed by atoms with Crippen molar-refractivity contribution in [3.63, 3.8) is 0 Å². The van der Waals surface area contributed by atoms with Crippen molar-refractivity contribution in [1.82, 2.24) is 19.3 Å². The normalized spacial score (nSPS) is 17.5. The molecule has 7 aromatic rings. The van der Waals surface area contributed by atoms with E-state index < -0.39 is 0 Å². The van der Waals surface area contributed by atoms with Crippen LogP contribution in [0.25, 0.3) is 44.6 Å². The van der Waals surface area contributed by atoms with Crippen LogP contribution in [0.1, 0.15) is 89.1 Å². The van der Waals surface area contributed by atoms with Crippen molar-refractivity contribution in [3.8, 4) is 34.3 Å². The Kier molecular flexibility index (Phi) is 9.51. The molecule has 0 spiro atoms. The Hall–Kier alpha value is -5.42. The zero-order valence-electron chi connectivity index (χ0n) is 33.0. The van der Waals surface area contributed by atoms with Crippen molar-refractivity contribution in [2.45, 2.75) is 80.1 Å². The van der Waals surface area contributed by atoms with E-state index in [1.54, 1.807) is 0 Å². The Labute approximate surface area is 320 Å². The van der Waals surface area contributed by atoms with Crippen molar-refractivity contribution >= 4 is 21.8 Å². The van der Waals surface area contributed by atoms with Crippen LogP contribution in [-0.4, -0.2) is 19.3 Å². The van der Waals surface area contributed by atoms with Gasteiger partial charge in [-0.25, -0.2) is 9.67 Å². The van der Waals surface area contributed by atoms with Crippen LogP contribution in [0.15, 0.2) is 121 Å². The molecule has 4 aromatic carbocycles. The lowest BCUT2D eigenvalue weighted by Crippen LogP contribution is -2.20. The van der Waals surface area contributed by atoms with Crippen LogP contribution in [0.2, 0.25) is 0 Å². The van der Waals surface area contributed by atoms with Crippen LogP contribution in [0, 0.1) is 24.7 Å². The van der Waals surface area contributed by atoms with Gasteiger partial charge in [0.1, 0.15) is 17.3 Å². The topological polar surface area (TPSA) is 44.9 Å². The number of nitrogens with zero attached hydrogens (tertiary/aromatic N) is 4. The Morgan fingerprint density at radius 2 is 1.54 bits per heavy atom. The van der Waals surface area contributed by atoms with E-state index in [1.165, 1.54) is 45.0 Å². The molecular weight excluding hydrogens is 661 g/mol. The lowest BCUT2D eigenvalue weighted by Gasteiger charge is -2.32. The number of ether oxygens (including phenoxy) is 1. The molecule has 3 heterocycles. The number of aromatic nitrogens is 4. The van der Waals surface area contributed by atoms with Gasteiger partial charge in [-0.3, -0.25) is 4.57 Å². The molecule has 274 valence electrons. The van der Waals surface area contributed by atoms with Gasteiger partial charge in [-0.05, 0) is 104 Å². The minimum absolute atomic E-state index is 0.294. The van der Waals surface area contributed by atoms with E-state index in [1.807, 2.05) is 6.20 Å². The van der Waals surface area contributed by atoms with Gasteiger partial charge in [-0.1, -0.05) is 102 Å². The summed E-state index contributed by atoms with van der Waals surface area (Å²) in [6, 6.07) is 36.8. The van der Waals surface area contributed by atoms with Gasteiger partial charge in [0.2, 0.25) is 0 Å². The summed E-state index contributed by atoms with van der Waals surface area (Å²) in [5.41, 5.74) is 11.9. The van der Waals surface area contributed by atoms with E-state index >= 15 is 0 Å². The number of hydrogen-bond acceptors (Lipinski definition) is 3. The minimum Gasteiger partial charge on any atom is -0.457 e. The molecule has 0 amide bonds. The highest BCUT2D eigenvalue weighted by atomic mass is 16.5. The molecule has 0 N–H and O–H groups in total. The summed E-state index contributed by atoms with van der Waals surface area (Å²) < 4.78 is 11.3. The van der Waals surface area contributed by atoms with Gasteiger partial charge < -0.3 is 4.74 Å². The summed E-state index contributed by atoms with van der Waals surface area (Å²) in [6.07, 6.45) is 6.58. The maximum Gasteiger partial charge on any atom is 0.137 e. The Morgan fingerprint density at radius 3 is 2.30 bits per heavy atom. The largest absolute Gasteiger partial charge is 0.457 e. The van der Waals surface area contributed by atoms with Gasteiger partial charge in [-0.15, -0.1) is 0 Å². The monoisotopic (exact) mass is 712 g/mol. The molecule has 3 aromatic heterocycles. The van der Waals surface area contributed by atoms with Gasteiger partial charge in [0.15, 0.2) is 0 Å². The van der Waals surface area contributed by atoms with E-state index in [0.29, 0.717) is 29.6 Å². The summed E-state index contributed by atoms with van der Waals surface area (Å²) in [6.45, 7) is 18.2. The van der Waals surface area contributed by atoms with Crippen molar-refractivity contribution in [2.24, 2.45) is 17.8 Å². The van der Waals surface area contributed by atoms with Crippen LogP contribution in [0.5, 0.6) is 11.5 Å². The Morgan fingerprint density at radius 1 is 0.778 bits per heavy atom. The molecule has 0 radical (unpaired) electrons. The third kappa shape index (κ3) is 6.66. The Balaban J connectivity index is 1.26. The first-order valence-corrected chi connectivity index (χ1v) is 19.7. The van der Waals surface area contributed by atoms with Gasteiger partial charge in [-0.2, -0.15) is 5.10 Å². The third-order valence-electron chi connectivity index (χ3n) is 11.2. The summed E-state index contributed by atoms with van der Waals surface area (Å²) in [5.74, 6) is 4.76. The van der Waals surface area contributed by atoms with Gasteiger partial charge >= 0.3 is 0 Å². The first kappa shape index (κ1) is 35.6. The molecule has 0 bridgehead atoms. The first-order valence-electron chi connectivity index (χ1n) is 19.7. The summed E-state index contributed by atoms with van der Waals surface area (Å²) in [5, 5.41) is 7.70. The lowest BCUT2D eigenvalue weighted by molar-refractivity contribution is 0.391. The molecule has 1 unspecified atom stereocenters. The van der Waals surface area contributed by atoms with Crippen LogP contribution in [0.4, 0.5) is 0 Å². The maximum atomic E-state index is 6.86. The molecule has 0 saturated carbocycles. The van der Waals surface area contributed by atoms with Crippen molar-refractivity contribution in [2.75, 3.05) is 0 Å². The number of hydrogen-bond donors (Lipinski definition) is 0.